The molecular formula is C35H40N4O6. The number of carbonyl (C=O) groups excluding carboxylic acids is 2. The summed E-state index contributed by atoms with van der Waals surface area (Å²) in [6.07, 6.45) is 1.29. The molecule has 1 aromatic heterocycles. The van der Waals surface area contributed by atoms with Gasteiger partial charge in [0.1, 0.15) is 48.5 Å². The second-order valence-corrected chi connectivity index (χ2v) is 11.2. The van der Waals surface area contributed by atoms with Gasteiger partial charge in [-0.1, -0.05) is 42.5 Å². The van der Waals surface area contributed by atoms with Gasteiger partial charge in [0.25, 0.3) is 0 Å². The van der Waals surface area contributed by atoms with Crippen molar-refractivity contribution < 1.29 is 28.5 Å². The number of hydrogen-bond donors (Lipinski definition) is 2. The number of carbonyl (C=O) groups is 2. The van der Waals surface area contributed by atoms with E-state index in [2.05, 4.69) is 20.6 Å². The summed E-state index contributed by atoms with van der Waals surface area (Å²) in [5, 5.41) is 5.89. The van der Waals surface area contributed by atoms with E-state index in [0.29, 0.717) is 30.3 Å². The van der Waals surface area contributed by atoms with Gasteiger partial charge < -0.3 is 29.6 Å². The van der Waals surface area contributed by atoms with Gasteiger partial charge in [-0.3, -0.25) is 0 Å². The Morgan fingerprint density at radius 1 is 0.844 bits per heavy atom. The maximum atomic E-state index is 12.9. The van der Waals surface area contributed by atoms with E-state index in [1.807, 2.05) is 78.9 Å². The zero-order chi connectivity index (χ0) is 32.1. The van der Waals surface area contributed by atoms with Crippen LogP contribution in [0.25, 0.3) is 11.3 Å². The molecule has 10 nitrogen and oxygen atoms in total. The number of anilines is 1. The summed E-state index contributed by atoms with van der Waals surface area (Å²) < 4.78 is 22.3. The summed E-state index contributed by atoms with van der Waals surface area (Å²) >= 11 is 0. The first kappa shape index (κ1) is 32.8. The first-order valence-corrected chi connectivity index (χ1v) is 14.9. The molecule has 0 saturated carbocycles. The van der Waals surface area contributed by atoms with Crippen molar-refractivity contribution in [3.8, 4) is 22.8 Å². The highest BCUT2D eigenvalue weighted by Crippen LogP contribution is 2.24. The van der Waals surface area contributed by atoms with Crippen LogP contribution in [-0.2, 0) is 27.3 Å². The highest BCUT2D eigenvalue weighted by molar-refractivity contribution is 5.79. The number of nitrogens with one attached hydrogen (secondary N) is 2. The van der Waals surface area contributed by atoms with Gasteiger partial charge in [0.15, 0.2) is 0 Å². The maximum Gasteiger partial charge on any atom is 0.407 e. The minimum atomic E-state index is -0.703. The van der Waals surface area contributed by atoms with Gasteiger partial charge in [0.2, 0.25) is 0 Å². The van der Waals surface area contributed by atoms with E-state index in [1.165, 1.54) is 6.33 Å². The zero-order valence-electron chi connectivity index (χ0n) is 26.1. The van der Waals surface area contributed by atoms with Crippen LogP contribution in [0, 0.1) is 0 Å². The second kappa shape index (κ2) is 16.1. The van der Waals surface area contributed by atoms with Gasteiger partial charge in [0, 0.05) is 18.1 Å². The largest absolute Gasteiger partial charge is 0.492 e. The molecule has 45 heavy (non-hydrogen) atoms. The van der Waals surface area contributed by atoms with Crippen LogP contribution in [0.3, 0.4) is 0 Å². The molecule has 4 rings (SSSR count). The lowest BCUT2D eigenvalue weighted by Crippen LogP contribution is -2.34. The summed E-state index contributed by atoms with van der Waals surface area (Å²) in [5.74, 6) is 1.46. The van der Waals surface area contributed by atoms with Gasteiger partial charge in [-0.2, -0.15) is 0 Å². The van der Waals surface area contributed by atoms with E-state index < -0.39 is 23.7 Å². The van der Waals surface area contributed by atoms with Crippen LogP contribution in [0.4, 0.5) is 10.6 Å². The average molecular weight is 613 g/mol. The molecule has 1 heterocycles. The third-order valence-corrected chi connectivity index (χ3v) is 6.34. The predicted molar refractivity (Wildman–Crippen MR) is 172 cm³/mol. The molecule has 0 fully saturated rings. The van der Waals surface area contributed by atoms with E-state index in [4.69, 9.17) is 18.9 Å². The fourth-order valence-electron chi connectivity index (χ4n) is 4.31. The lowest BCUT2D eigenvalue weighted by molar-refractivity contribution is -0.144. The molecule has 1 amide bonds. The molecule has 0 radical (unpaired) electrons. The molecule has 0 unspecified atom stereocenters. The van der Waals surface area contributed by atoms with Gasteiger partial charge in [-0.25, -0.2) is 19.6 Å². The number of esters is 1. The maximum absolute atomic E-state index is 12.9. The normalized spacial score (nSPS) is 11.6. The summed E-state index contributed by atoms with van der Waals surface area (Å²) in [5.41, 5.74) is 2.96. The number of aromatic nitrogens is 2. The van der Waals surface area contributed by atoms with Crippen LogP contribution in [0.15, 0.2) is 91.3 Å². The number of rotatable bonds is 14. The van der Waals surface area contributed by atoms with Crippen LogP contribution in [0.5, 0.6) is 11.5 Å². The van der Waals surface area contributed by atoms with E-state index >= 15 is 0 Å². The van der Waals surface area contributed by atoms with Gasteiger partial charge in [-0.15, -0.1) is 0 Å². The topological polar surface area (TPSA) is 121 Å². The number of alkyl carbamates (subject to hydrolysis) is 1. The SMILES string of the molecule is CCOC(=O)[C@H](Cc1cccc(OCCNC(=O)OC(C)(C)C)c1)Nc1cc(-c2ccc(OCc3ccccc3)cc2)ncn1. The quantitative estimate of drug-likeness (QED) is 0.126. The highest BCUT2D eigenvalue weighted by Gasteiger charge is 2.22. The molecule has 2 N–H and O–H groups in total. The Balaban J connectivity index is 1.37. The van der Waals surface area contributed by atoms with Crippen molar-refractivity contribution in [2.45, 2.75) is 52.4 Å². The molecule has 3 aromatic carbocycles. The monoisotopic (exact) mass is 612 g/mol. The molecule has 10 heteroatoms. The van der Waals surface area contributed by atoms with E-state index in [-0.39, 0.29) is 19.8 Å². The number of benzene rings is 3. The summed E-state index contributed by atoms with van der Waals surface area (Å²) in [6.45, 7) is 8.45. The second-order valence-electron chi connectivity index (χ2n) is 11.2. The molecule has 0 aliphatic rings. The lowest BCUT2D eigenvalue weighted by Gasteiger charge is -2.20. The van der Waals surface area contributed by atoms with Crippen LogP contribution < -0.4 is 20.1 Å². The fourth-order valence-corrected chi connectivity index (χ4v) is 4.31. The first-order chi connectivity index (χ1) is 21.7. The Morgan fingerprint density at radius 2 is 1.60 bits per heavy atom. The van der Waals surface area contributed by atoms with Crippen molar-refractivity contribution in [3.05, 3.63) is 102 Å². The third-order valence-electron chi connectivity index (χ3n) is 6.34. The Bertz CT molecular complexity index is 1520. The molecule has 236 valence electrons. The van der Waals surface area contributed by atoms with Crippen molar-refractivity contribution in [1.82, 2.24) is 15.3 Å². The first-order valence-electron chi connectivity index (χ1n) is 14.9. The minimum absolute atomic E-state index is 0.249. The lowest BCUT2D eigenvalue weighted by atomic mass is 10.1. The molecule has 1 atom stereocenters. The van der Waals surface area contributed by atoms with Crippen LogP contribution in [0.1, 0.15) is 38.8 Å². The summed E-state index contributed by atoms with van der Waals surface area (Å²) in [7, 11) is 0. The summed E-state index contributed by atoms with van der Waals surface area (Å²) in [4.78, 5) is 33.6. The van der Waals surface area contributed by atoms with Gasteiger partial charge >= 0.3 is 12.1 Å². The van der Waals surface area contributed by atoms with Crippen molar-refractivity contribution in [3.63, 3.8) is 0 Å². The van der Waals surface area contributed by atoms with Crippen molar-refractivity contribution in [2.24, 2.45) is 0 Å². The van der Waals surface area contributed by atoms with Gasteiger partial charge in [0.05, 0.1) is 18.8 Å². The number of hydrogen-bond acceptors (Lipinski definition) is 9. The fraction of sp³-hybridized carbons (Fsp3) is 0.314. The Hall–Kier alpha value is -5.12. The smallest absolute Gasteiger partial charge is 0.407 e. The molecule has 0 bridgehead atoms. The molecule has 0 aliphatic carbocycles. The van der Waals surface area contributed by atoms with Crippen LogP contribution >= 0.6 is 0 Å². The Labute approximate surface area is 264 Å². The van der Waals surface area contributed by atoms with Crippen molar-refractivity contribution in [1.29, 1.82) is 0 Å². The van der Waals surface area contributed by atoms with Gasteiger partial charge in [-0.05, 0) is 75.2 Å². The zero-order valence-corrected chi connectivity index (χ0v) is 26.1. The molecule has 0 aliphatic heterocycles. The number of ether oxygens (including phenoxy) is 4. The Morgan fingerprint density at radius 3 is 2.33 bits per heavy atom. The van der Waals surface area contributed by atoms with Crippen LogP contribution in [-0.4, -0.2) is 53.4 Å². The molecule has 4 aromatic rings. The standard InChI is InChI=1S/C35H40N4O6/c1-5-42-33(40)31(21-26-12-9-13-29(20-26)43-19-18-36-34(41)45-35(2,3)4)39-32-22-30(37-24-38-32)27-14-16-28(17-15-27)44-23-25-10-7-6-8-11-25/h6-17,20,22,24,31H,5,18-19,21,23H2,1-4H3,(H,36,41)(H,37,38,39)/t31-/m0/s1. The average Bonchev–Trinajstić information content (AvgIpc) is 3.02. The molecule has 0 saturated heterocycles. The summed E-state index contributed by atoms with van der Waals surface area (Å²) in [6, 6.07) is 26.2. The van der Waals surface area contributed by atoms with E-state index in [1.54, 1.807) is 33.8 Å². The minimum Gasteiger partial charge on any atom is -0.492 e. The molecule has 0 spiro atoms. The highest BCUT2D eigenvalue weighted by atomic mass is 16.6. The number of nitrogens with zero attached hydrogens (tertiary/aromatic N) is 2. The van der Waals surface area contributed by atoms with Crippen LogP contribution in [0.2, 0.25) is 0 Å². The van der Waals surface area contributed by atoms with E-state index in [9.17, 15) is 9.59 Å². The number of amides is 1. The van der Waals surface area contributed by atoms with Crippen molar-refractivity contribution >= 4 is 17.9 Å². The predicted octanol–water partition coefficient (Wildman–Crippen LogP) is 6.21. The molecular weight excluding hydrogens is 572 g/mol. The van der Waals surface area contributed by atoms with E-state index in [0.717, 1.165) is 22.4 Å². The Kier molecular flexibility index (Phi) is 11.7. The van der Waals surface area contributed by atoms with Crippen molar-refractivity contribution in [2.75, 3.05) is 25.1 Å². The third kappa shape index (κ3) is 11.1.